The maximum atomic E-state index is 3.64. The summed E-state index contributed by atoms with van der Waals surface area (Å²) in [6.45, 7) is 5.40. The summed E-state index contributed by atoms with van der Waals surface area (Å²) in [6.07, 6.45) is 2.24. The van der Waals surface area contributed by atoms with Crippen LogP contribution in [0.5, 0.6) is 0 Å². The van der Waals surface area contributed by atoms with Gasteiger partial charge in [0.05, 0.1) is 6.04 Å². The fraction of sp³-hybridized carbons (Fsp3) is 0.533. The van der Waals surface area contributed by atoms with Gasteiger partial charge in [-0.2, -0.15) is 0 Å². The average Bonchev–Trinajstić information content (AvgIpc) is 2.35. The minimum atomic E-state index is 0.482. The van der Waals surface area contributed by atoms with Crippen molar-refractivity contribution in [3.63, 3.8) is 0 Å². The minimum absolute atomic E-state index is 0.482. The molecule has 1 radical (unpaired) electrons. The lowest BCUT2D eigenvalue weighted by Gasteiger charge is -2.31. The second-order valence-corrected chi connectivity index (χ2v) is 4.57. The van der Waals surface area contributed by atoms with Gasteiger partial charge in [0.1, 0.15) is 0 Å². The van der Waals surface area contributed by atoms with Gasteiger partial charge in [0, 0.05) is 12.6 Å². The van der Waals surface area contributed by atoms with Crippen molar-refractivity contribution in [3.8, 4) is 0 Å². The van der Waals surface area contributed by atoms with Gasteiger partial charge in [-0.05, 0) is 32.5 Å². The smallest absolute Gasteiger partial charge is 0.0553 e. The Morgan fingerprint density at radius 3 is 2.29 bits per heavy atom. The van der Waals surface area contributed by atoms with E-state index in [-0.39, 0.29) is 0 Å². The number of hydrogen-bond donors (Lipinski definition) is 1. The van der Waals surface area contributed by atoms with E-state index in [1.54, 1.807) is 0 Å². The van der Waals surface area contributed by atoms with Gasteiger partial charge in [0.2, 0.25) is 0 Å². The van der Waals surface area contributed by atoms with Crippen LogP contribution in [0.4, 0.5) is 0 Å². The highest BCUT2D eigenvalue weighted by Crippen LogP contribution is 2.17. The van der Waals surface area contributed by atoms with E-state index >= 15 is 0 Å². The second-order valence-electron chi connectivity index (χ2n) is 4.57. The highest BCUT2D eigenvalue weighted by atomic mass is 15.1. The molecule has 0 spiro atoms. The Hall–Kier alpha value is -0.860. The van der Waals surface area contributed by atoms with Gasteiger partial charge in [-0.3, -0.25) is 0 Å². The predicted octanol–water partition coefficient (Wildman–Crippen LogP) is 3.06. The SMILES string of the molecule is CC[C](C(CC)NCc1ccccc1)N(C)C. The van der Waals surface area contributed by atoms with Crippen molar-refractivity contribution in [2.75, 3.05) is 14.1 Å². The Balaban J connectivity index is 2.52. The summed E-state index contributed by atoms with van der Waals surface area (Å²) in [6, 6.07) is 12.5. The topological polar surface area (TPSA) is 15.3 Å². The molecule has 0 saturated carbocycles. The zero-order chi connectivity index (χ0) is 12.7. The lowest BCUT2D eigenvalue weighted by Crippen LogP contribution is -2.40. The van der Waals surface area contributed by atoms with E-state index < -0.39 is 0 Å². The molecule has 17 heavy (non-hydrogen) atoms. The molecule has 0 aliphatic rings. The van der Waals surface area contributed by atoms with E-state index in [0.29, 0.717) is 6.04 Å². The molecule has 0 saturated heterocycles. The quantitative estimate of drug-likeness (QED) is 0.778. The highest BCUT2D eigenvalue weighted by molar-refractivity contribution is 5.14. The Kier molecular flexibility index (Phi) is 6.23. The van der Waals surface area contributed by atoms with Crippen molar-refractivity contribution in [1.29, 1.82) is 0 Å². The van der Waals surface area contributed by atoms with Crippen LogP contribution in [0.25, 0.3) is 0 Å². The van der Waals surface area contributed by atoms with Crippen LogP contribution in [0.3, 0.4) is 0 Å². The maximum absolute atomic E-state index is 3.64. The zero-order valence-corrected chi connectivity index (χ0v) is 11.5. The largest absolute Gasteiger partial charge is 0.308 e. The van der Waals surface area contributed by atoms with Crippen LogP contribution < -0.4 is 5.32 Å². The summed E-state index contributed by atoms with van der Waals surface area (Å²) in [5.41, 5.74) is 1.35. The molecular formula is C15H25N2. The van der Waals surface area contributed by atoms with Gasteiger partial charge in [-0.15, -0.1) is 0 Å². The van der Waals surface area contributed by atoms with Gasteiger partial charge in [0.25, 0.3) is 0 Å². The lowest BCUT2D eigenvalue weighted by atomic mass is 10.0. The number of hydrogen-bond acceptors (Lipinski definition) is 2. The van der Waals surface area contributed by atoms with Crippen LogP contribution >= 0.6 is 0 Å². The first-order valence-corrected chi connectivity index (χ1v) is 6.49. The van der Waals surface area contributed by atoms with Crippen molar-refractivity contribution in [2.45, 2.75) is 39.3 Å². The standard InChI is InChI=1S/C15H25N2/c1-5-14(15(6-2)17(3)4)16-12-13-10-8-7-9-11-13/h7-11,14,16H,5-6,12H2,1-4H3. The lowest BCUT2D eigenvalue weighted by molar-refractivity contribution is 0.315. The van der Waals surface area contributed by atoms with Gasteiger partial charge in [-0.1, -0.05) is 44.2 Å². The van der Waals surface area contributed by atoms with E-state index in [9.17, 15) is 0 Å². The number of rotatable bonds is 7. The van der Waals surface area contributed by atoms with E-state index in [2.05, 4.69) is 68.5 Å². The van der Waals surface area contributed by atoms with Crippen LogP contribution in [-0.2, 0) is 6.54 Å². The third-order valence-corrected chi connectivity index (χ3v) is 3.14. The first-order valence-electron chi connectivity index (χ1n) is 6.49. The predicted molar refractivity (Wildman–Crippen MR) is 74.6 cm³/mol. The molecule has 95 valence electrons. The molecule has 0 aromatic heterocycles. The third-order valence-electron chi connectivity index (χ3n) is 3.14. The average molecular weight is 233 g/mol. The van der Waals surface area contributed by atoms with Crippen molar-refractivity contribution in [2.24, 2.45) is 0 Å². The van der Waals surface area contributed by atoms with E-state index in [1.807, 2.05) is 0 Å². The Morgan fingerprint density at radius 2 is 1.82 bits per heavy atom. The van der Waals surface area contributed by atoms with E-state index in [0.717, 1.165) is 19.4 Å². The molecule has 0 bridgehead atoms. The van der Waals surface area contributed by atoms with Gasteiger partial charge in [-0.25, -0.2) is 0 Å². The summed E-state index contributed by atoms with van der Waals surface area (Å²) in [7, 11) is 4.26. The highest BCUT2D eigenvalue weighted by Gasteiger charge is 2.20. The second kappa shape index (κ2) is 7.46. The number of nitrogens with zero attached hydrogens (tertiary/aromatic N) is 1. The zero-order valence-electron chi connectivity index (χ0n) is 11.5. The Morgan fingerprint density at radius 1 is 1.18 bits per heavy atom. The molecule has 2 nitrogen and oxygen atoms in total. The molecule has 1 atom stereocenters. The number of likely N-dealkylation sites (N-methyl/N-ethyl adjacent to an activating group) is 1. The maximum Gasteiger partial charge on any atom is 0.0553 e. The minimum Gasteiger partial charge on any atom is -0.308 e. The fourth-order valence-electron chi connectivity index (χ4n) is 2.21. The van der Waals surface area contributed by atoms with Crippen molar-refractivity contribution < 1.29 is 0 Å². The van der Waals surface area contributed by atoms with Crippen LogP contribution in [0.15, 0.2) is 30.3 Å². The van der Waals surface area contributed by atoms with Gasteiger partial charge >= 0.3 is 0 Å². The number of nitrogens with one attached hydrogen (secondary N) is 1. The van der Waals surface area contributed by atoms with Gasteiger partial charge < -0.3 is 10.2 Å². The van der Waals surface area contributed by atoms with Gasteiger partial charge in [0.15, 0.2) is 0 Å². The first kappa shape index (κ1) is 14.2. The van der Waals surface area contributed by atoms with E-state index in [4.69, 9.17) is 0 Å². The monoisotopic (exact) mass is 233 g/mol. The molecule has 2 heteroatoms. The van der Waals surface area contributed by atoms with Crippen LogP contribution in [0.1, 0.15) is 32.3 Å². The molecule has 0 aliphatic heterocycles. The molecule has 1 aromatic rings. The molecule has 0 fully saturated rings. The van der Waals surface area contributed by atoms with Crippen LogP contribution in [-0.4, -0.2) is 25.0 Å². The molecule has 0 aliphatic carbocycles. The van der Waals surface area contributed by atoms with Crippen molar-refractivity contribution in [1.82, 2.24) is 10.2 Å². The summed E-state index contributed by atoms with van der Waals surface area (Å²) in [5, 5.41) is 3.64. The molecular weight excluding hydrogens is 208 g/mol. The van der Waals surface area contributed by atoms with Crippen molar-refractivity contribution >= 4 is 0 Å². The van der Waals surface area contributed by atoms with Crippen molar-refractivity contribution in [3.05, 3.63) is 41.9 Å². The molecule has 0 heterocycles. The third kappa shape index (κ3) is 4.49. The molecule has 1 unspecified atom stereocenters. The van der Waals surface area contributed by atoms with E-state index in [1.165, 1.54) is 11.6 Å². The molecule has 1 N–H and O–H groups in total. The first-order chi connectivity index (χ1) is 8.19. The fourth-order valence-corrected chi connectivity index (χ4v) is 2.21. The molecule has 1 rings (SSSR count). The molecule has 0 amide bonds. The Bertz CT molecular complexity index is 295. The van der Waals surface area contributed by atoms with Crippen LogP contribution in [0, 0.1) is 6.04 Å². The van der Waals surface area contributed by atoms with Crippen LogP contribution in [0.2, 0.25) is 0 Å². The summed E-state index contributed by atoms with van der Waals surface area (Å²) in [5.74, 6) is 0. The normalized spacial score (nSPS) is 13.3. The summed E-state index contributed by atoms with van der Waals surface area (Å²) >= 11 is 0. The summed E-state index contributed by atoms with van der Waals surface area (Å²) in [4.78, 5) is 2.24. The Labute approximate surface area is 106 Å². The molecule has 1 aromatic carbocycles. The number of benzene rings is 1. The summed E-state index contributed by atoms with van der Waals surface area (Å²) < 4.78 is 0.